The normalized spacial score (nSPS) is 27.7. The molecule has 2 rings (SSSR count). The van der Waals surface area contributed by atoms with E-state index in [9.17, 15) is 4.39 Å². The van der Waals surface area contributed by atoms with Crippen molar-refractivity contribution < 1.29 is 4.39 Å². The van der Waals surface area contributed by atoms with Crippen LogP contribution in [0.3, 0.4) is 0 Å². The molecule has 2 aliphatic carbocycles. The molecule has 2 aliphatic rings. The smallest absolute Gasteiger partial charge is 0.0963 e. The Morgan fingerprint density at radius 1 is 1.43 bits per heavy atom. The number of nitrogens with one attached hydrogen (secondary N) is 1. The van der Waals surface area contributed by atoms with Crippen molar-refractivity contribution >= 4 is 23.4 Å². The largest absolute Gasteiger partial charge is 0.330 e. The van der Waals surface area contributed by atoms with E-state index in [1.54, 1.807) is 6.08 Å². The van der Waals surface area contributed by atoms with Crippen molar-refractivity contribution in [1.29, 1.82) is 0 Å². The van der Waals surface area contributed by atoms with E-state index in [1.165, 1.54) is 5.57 Å². The van der Waals surface area contributed by atoms with Crippen LogP contribution in [0.2, 0.25) is 0 Å². The summed E-state index contributed by atoms with van der Waals surface area (Å²) in [6, 6.07) is 0. The minimum Gasteiger partial charge on any atom is -0.330 e. The van der Waals surface area contributed by atoms with Crippen molar-refractivity contribution in [3.8, 4) is 0 Å². The number of allylic oxidation sites excluding steroid dienone is 5. The molecule has 0 spiro atoms. The van der Waals surface area contributed by atoms with Crippen LogP contribution in [0.5, 0.6) is 0 Å². The van der Waals surface area contributed by atoms with E-state index in [-0.39, 0.29) is 17.1 Å². The summed E-state index contributed by atoms with van der Waals surface area (Å²) in [6.45, 7) is 0.536. The Hall–Kier alpha value is -0.290. The van der Waals surface area contributed by atoms with Gasteiger partial charge in [-0.15, -0.1) is 11.8 Å². The molecule has 0 fully saturated rings. The maximum Gasteiger partial charge on any atom is 0.0963 e. The average Bonchev–Trinajstić information content (AvgIpc) is 2.50. The fourth-order valence-corrected chi connectivity index (χ4v) is 4.71. The highest BCUT2D eigenvalue weighted by Gasteiger charge is 2.31. The Labute approximate surface area is 136 Å². The second-order valence-electron chi connectivity index (χ2n) is 5.63. The third kappa shape index (κ3) is 4.59. The van der Waals surface area contributed by atoms with Crippen molar-refractivity contribution in [3.63, 3.8) is 0 Å². The zero-order valence-corrected chi connectivity index (χ0v) is 14.0. The Morgan fingerprint density at radius 2 is 2.19 bits per heavy atom. The van der Waals surface area contributed by atoms with Crippen molar-refractivity contribution in [2.45, 2.75) is 31.1 Å². The Bertz CT molecular complexity index is 448. The van der Waals surface area contributed by atoms with Crippen LogP contribution in [0.25, 0.3) is 0 Å². The highest BCUT2D eigenvalue weighted by Crippen LogP contribution is 2.37. The molecular formula is C16H24ClFN2S. The van der Waals surface area contributed by atoms with E-state index >= 15 is 0 Å². The lowest BCUT2D eigenvalue weighted by molar-refractivity contribution is 0.278. The first-order chi connectivity index (χ1) is 10.2. The van der Waals surface area contributed by atoms with Gasteiger partial charge < -0.3 is 11.1 Å². The maximum absolute atomic E-state index is 13.4. The first-order valence-corrected chi connectivity index (χ1v) is 8.97. The first-order valence-electron chi connectivity index (χ1n) is 7.54. The molecule has 0 aliphatic heterocycles. The summed E-state index contributed by atoms with van der Waals surface area (Å²) in [5.74, 6) is 1.46. The Morgan fingerprint density at radius 3 is 2.86 bits per heavy atom. The molecular weight excluding hydrogens is 307 g/mol. The molecule has 3 unspecified atom stereocenters. The van der Waals surface area contributed by atoms with Crippen LogP contribution in [0.4, 0.5) is 4.39 Å². The van der Waals surface area contributed by atoms with E-state index in [0.717, 1.165) is 30.0 Å². The number of nitrogens with two attached hydrogens (primary N) is 1. The lowest BCUT2D eigenvalue weighted by atomic mass is 9.82. The molecule has 0 aromatic carbocycles. The predicted octanol–water partition coefficient (Wildman–Crippen LogP) is 3.95. The Balaban J connectivity index is 1.96. The molecule has 0 saturated heterocycles. The molecule has 0 saturated carbocycles. The zero-order chi connectivity index (χ0) is 15.2. The molecule has 0 radical (unpaired) electrons. The van der Waals surface area contributed by atoms with Gasteiger partial charge in [0.25, 0.3) is 0 Å². The molecule has 0 amide bonds. The number of hydrogen-bond donors (Lipinski definition) is 2. The van der Waals surface area contributed by atoms with Crippen LogP contribution in [0, 0.1) is 11.8 Å². The molecule has 0 aromatic rings. The average molecular weight is 331 g/mol. The van der Waals surface area contributed by atoms with Crippen LogP contribution < -0.4 is 11.1 Å². The fraction of sp³-hybridized carbons (Fsp3) is 0.625. The monoisotopic (exact) mass is 330 g/mol. The van der Waals surface area contributed by atoms with Gasteiger partial charge >= 0.3 is 0 Å². The lowest BCUT2D eigenvalue weighted by Gasteiger charge is -2.34. The second kappa shape index (κ2) is 8.37. The van der Waals surface area contributed by atoms with Crippen molar-refractivity contribution in [3.05, 3.63) is 34.7 Å². The van der Waals surface area contributed by atoms with Gasteiger partial charge in [0, 0.05) is 17.2 Å². The summed E-state index contributed by atoms with van der Waals surface area (Å²) in [5, 5.41) is 4.53. The topological polar surface area (TPSA) is 38.0 Å². The first kappa shape index (κ1) is 17.1. The predicted molar refractivity (Wildman–Crippen MR) is 91.0 cm³/mol. The van der Waals surface area contributed by atoms with Gasteiger partial charge in [-0.3, -0.25) is 0 Å². The highest BCUT2D eigenvalue weighted by atomic mass is 35.5. The van der Waals surface area contributed by atoms with Gasteiger partial charge in [-0.2, -0.15) is 0 Å². The van der Waals surface area contributed by atoms with Gasteiger partial charge in [-0.25, -0.2) is 4.39 Å². The van der Waals surface area contributed by atoms with Gasteiger partial charge in [0.15, 0.2) is 0 Å². The molecule has 0 bridgehead atoms. The molecule has 0 heterocycles. The van der Waals surface area contributed by atoms with Gasteiger partial charge in [-0.05, 0) is 50.3 Å². The van der Waals surface area contributed by atoms with E-state index < -0.39 is 0 Å². The van der Waals surface area contributed by atoms with Gasteiger partial charge in [0.1, 0.15) is 0 Å². The third-order valence-electron chi connectivity index (χ3n) is 4.26. The van der Waals surface area contributed by atoms with Crippen molar-refractivity contribution in [1.82, 2.24) is 5.32 Å². The summed E-state index contributed by atoms with van der Waals surface area (Å²) in [4.78, 5) is 0. The summed E-state index contributed by atoms with van der Waals surface area (Å²) in [7, 11) is 1.96. The van der Waals surface area contributed by atoms with Crippen LogP contribution in [0.15, 0.2) is 34.7 Å². The minimum atomic E-state index is -0.0116. The lowest BCUT2D eigenvalue weighted by Crippen LogP contribution is -2.39. The van der Waals surface area contributed by atoms with E-state index in [2.05, 4.69) is 17.5 Å². The quantitative estimate of drug-likeness (QED) is 0.724. The third-order valence-corrected chi connectivity index (χ3v) is 6.08. The molecule has 2 nitrogen and oxygen atoms in total. The Kier molecular flexibility index (Phi) is 6.80. The molecule has 118 valence electrons. The highest BCUT2D eigenvalue weighted by molar-refractivity contribution is 8.00. The zero-order valence-electron chi connectivity index (χ0n) is 12.4. The van der Waals surface area contributed by atoms with Gasteiger partial charge in [-0.1, -0.05) is 29.8 Å². The van der Waals surface area contributed by atoms with Crippen LogP contribution >= 0.6 is 23.4 Å². The van der Waals surface area contributed by atoms with E-state index in [4.69, 9.17) is 17.3 Å². The SMILES string of the molecule is CNC(SCC1=CCCC=C1Cl)C1CC=C(F)CC1CN. The maximum atomic E-state index is 13.4. The number of thioether (sulfide) groups is 1. The van der Waals surface area contributed by atoms with E-state index in [0.29, 0.717) is 18.9 Å². The van der Waals surface area contributed by atoms with Crippen LogP contribution in [-0.4, -0.2) is 24.7 Å². The fourth-order valence-electron chi connectivity index (χ4n) is 3.00. The summed E-state index contributed by atoms with van der Waals surface area (Å²) >= 11 is 8.10. The van der Waals surface area contributed by atoms with Crippen LogP contribution in [0.1, 0.15) is 25.7 Å². The molecule has 3 N–H and O–H groups in total. The number of halogens is 2. The molecule has 21 heavy (non-hydrogen) atoms. The standard InChI is InChI=1S/C16H24ClFN2S/c1-20-16(14-7-6-13(18)8-12(14)9-19)21-10-11-4-2-3-5-15(11)17/h4-6,12,14,16,20H,2-3,7-10,19H2,1H3. The van der Waals surface area contributed by atoms with Crippen molar-refractivity contribution in [2.24, 2.45) is 17.6 Å². The van der Waals surface area contributed by atoms with E-state index in [1.807, 2.05) is 18.8 Å². The van der Waals surface area contributed by atoms with Gasteiger partial charge in [0.2, 0.25) is 0 Å². The van der Waals surface area contributed by atoms with Crippen molar-refractivity contribution in [2.75, 3.05) is 19.3 Å². The summed E-state index contributed by atoms with van der Waals surface area (Å²) in [5.41, 5.74) is 7.05. The minimum absolute atomic E-state index is 0.0116. The molecule has 0 aromatic heterocycles. The summed E-state index contributed by atoms with van der Waals surface area (Å²) < 4.78 is 13.4. The number of rotatable bonds is 6. The molecule has 3 atom stereocenters. The molecule has 5 heteroatoms. The number of hydrogen-bond acceptors (Lipinski definition) is 3. The summed E-state index contributed by atoms with van der Waals surface area (Å²) in [6.07, 6.45) is 9.37. The second-order valence-corrected chi connectivity index (χ2v) is 7.17. The van der Waals surface area contributed by atoms with Gasteiger partial charge in [0.05, 0.1) is 11.2 Å². The van der Waals surface area contributed by atoms with Crippen LogP contribution in [-0.2, 0) is 0 Å².